The van der Waals surface area contributed by atoms with Gasteiger partial charge in [0, 0.05) is 20.6 Å². The Morgan fingerprint density at radius 3 is 2.85 bits per heavy atom. The molecule has 0 saturated heterocycles. The Morgan fingerprint density at radius 1 is 1.31 bits per heavy atom. The van der Waals surface area contributed by atoms with Crippen LogP contribution in [0.25, 0.3) is 0 Å². The molecule has 0 spiro atoms. The standard InChI is InChI=1S/C10H11NS2/c11-8-4-1-2-5-9(8)13-10-6-3-7-12-10/h1-2,4-6H,3,7,11H2. The molecule has 2 N–H and O–H groups in total. The van der Waals surface area contributed by atoms with Crippen molar-refractivity contribution < 1.29 is 0 Å². The summed E-state index contributed by atoms with van der Waals surface area (Å²) in [5, 5.41) is 0. The van der Waals surface area contributed by atoms with Crippen LogP contribution in [0.1, 0.15) is 6.42 Å². The number of hydrogen-bond donors (Lipinski definition) is 1. The van der Waals surface area contributed by atoms with Crippen molar-refractivity contribution in [1.29, 1.82) is 0 Å². The highest BCUT2D eigenvalue weighted by Gasteiger charge is 2.08. The van der Waals surface area contributed by atoms with Gasteiger partial charge < -0.3 is 5.73 Å². The zero-order chi connectivity index (χ0) is 9.10. The van der Waals surface area contributed by atoms with Gasteiger partial charge in [-0.2, -0.15) is 0 Å². The van der Waals surface area contributed by atoms with Crippen LogP contribution in [-0.2, 0) is 0 Å². The van der Waals surface area contributed by atoms with E-state index in [4.69, 9.17) is 5.73 Å². The lowest BCUT2D eigenvalue weighted by Crippen LogP contribution is -1.86. The van der Waals surface area contributed by atoms with Crippen molar-refractivity contribution in [3.63, 3.8) is 0 Å². The Morgan fingerprint density at radius 2 is 2.15 bits per heavy atom. The van der Waals surface area contributed by atoms with Crippen LogP contribution in [0.5, 0.6) is 0 Å². The molecule has 1 aromatic carbocycles. The van der Waals surface area contributed by atoms with E-state index >= 15 is 0 Å². The summed E-state index contributed by atoms with van der Waals surface area (Å²) in [7, 11) is 0. The molecule has 1 aliphatic heterocycles. The van der Waals surface area contributed by atoms with Crippen molar-refractivity contribution in [2.24, 2.45) is 0 Å². The van der Waals surface area contributed by atoms with Crippen LogP contribution in [0.4, 0.5) is 5.69 Å². The van der Waals surface area contributed by atoms with E-state index < -0.39 is 0 Å². The van der Waals surface area contributed by atoms with Crippen molar-refractivity contribution in [3.8, 4) is 0 Å². The lowest BCUT2D eigenvalue weighted by atomic mass is 10.3. The minimum Gasteiger partial charge on any atom is -0.398 e. The van der Waals surface area contributed by atoms with E-state index in [0.717, 1.165) is 5.69 Å². The molecule has 1 heterocycles. The Kier molecular flexibility index (Phi) is 2.86. The van der Waals surface area contributed by atoms with Crippen LogP contribution in [0.15, 0.2) is 39.5 Å². The Balaban J connectivity index is 2.13. The smallest absolute Gasteiger partial charge is 0.0456 e. The highest BCUT2D eigenvalue weighted by molar-refractivity contribution is 8.22. The van der Waals surface area contributed by atoms with Gasteiger partial charge in [0.1, 0.15) is 0 Å². The fourth-order valence-corrected chi connectivity index (χ4v) is 3.33. The number of nitrogen functional groups attached to an aromatic ring is 1. The molecule has 1 aromatic rings. The summed E-state index contributed by atoms with van der Waals surface area (Å²) in [6.45, 7) is 0. The highest BCUT2D eigenvalue weighted by atomic mass is 32.2. The summed E-state index contributed by atoms with van der Waals surface area (Å²) in [6.07, 6.45) is 3.47. The summed E-state index contributed by atoms with van der Waals surface area (Å²) in [5.41, 5.74) is 6.72. The molecule has 0 aliphatic carbocycles. The van der Waals surface area contributed by atoms with E-state index in [1.54, 1.807) is 11.8 Å². The lowest BCUT2D eigenvalue weighted by Gasteiger charge is -2.04. The monoisotopic (exact) mass is 209 g/mol. The van der Waals surface area contributed by atoms with Gasteiger partial charge in [-0.3, -0.25) is 0 Å². The van der Waals surface area contributed by atoms with E-state index in [2.05, 4.69) is 12.1 Å². The molecule has 0 unspecified atom stereocenters. The Bertz CT molecular complexity index is 333. The van der Waals surface area contributed by atoms with Gasteiger partial charge >= 0.3 is 0 Å². The molecule has 0 amide bonds. The maximum atomic E-state index is 5.84. The minimum atomic E-state index is 0.876. The van der Waals surface area contributed by atoms with Crippen LogP contribution in [0.2, 0.25) is 0 Å². The first-order valence-electron chi connectivity index (χ1n) is 4.21. The van der Waals surface area contributed by atoms with Crippen LogP contribution in [0.3, 0.4) is 0 Å². The maximum Gasteiger partial charge on any atom is 0.0456 e. The quantitative estimate of drug-likeness (QED) is 0.757. The van der Waals surface area contributed by atoms with Crippen molar-refractivity contribution >= 4 is 29.2 Å². The molecule has 1 nitrogen and oxygen atoms in total. The first kappa shape index (κ1) is 9.03. The fourth-order valence-electron chi connectivity index (χ4n) is 1.15. The fraction of sp³-hybridized carbons (Fsp3) is 0.200. The Labute approximate surface area is 86.8 Å². The summed E-state index contributed by atoms with van der Waals surface area (Å²) >= 11 is 3.69. The van der Waals surface area contributed by atoms with Gasteiger partial charge in [-0.1, -0.05) is 30.0 Å². The molecule has 68 valence electrons. The summed E-state index contributed by atoms with van der Waals surface area (Å²) in [4.78, 5) is 1.17. The zero-order valence-electron chi connectivity index (χ0n) is 7.19. The number of hydrogen-bond acceptors (Lipinski definition) is 3. The predicted octanol–water partition coefficient (Wildman–Crippen LogP) is 3.34. The molecule has 0 fully saturated rings. The third-order valence-corrected chi connectivity index (χ3v) is 4.26. The molecule has 0 bridgehead atoms. The van der Waals surface area contributed by atoms with Gasteiger partial charge in [0.05, 0.1) is 0 Å². The summed E-state index contributed by atoms with van der Waals surface area (Å²) < 4.78 is 1.39. The summed E-state index contributed by atoms with van der Waals surface area (Å²) in [6, 6.07) is 8.01. The molecule has 0 atom stereocenters. The van der Waals surface area contributed by atoms with E-state index in [-0.39, 0.29) is 0 Å². The van der Waals surface area contributed by atoms with Gasteiger partial charge in [0.15, 0.2) is 0 Å². The van der Waals surface area contributed by atoms with E-state index in [0.29, 0.717) is 0 Å². The SMILES string of the molecule is Nc1ccccc1SC1=CCCS1. The van der Waals surface area contributed by atoms with E-state index in [1.165, 1.54) is 21.3 Å². The molecular formula is C10H11NS2. The first-order valence-corrected chi connectivity index (χ1v) is 6.02. The second-order valence-corrected chi connectivity index (χ2v) is 5.28. The second-order valence-electron chi connectivity index (χ2n) is 2.80. The molecule has 0 saturated carbocycles. The summed E-state index contributed by atoms with van der Waals surface area (Å²) in [5.74, 6) is 1.22. The van der Waals surface area contributed by atoms with Gasteiger partial charge in [-0.25, -0.2) is 0 Å². The van der Waals surface area contributed by atoms with Crippen LogP contribution >= 0.6 is 23.5 Å². The van der Waals surface area contributed by atoms with Crippen molar-refractivity contribution in [3.05, 3.63) is 34.6 Å². The molecule has 0 radical (unpaired) electrons. The third kappa shape index (κ3) is 2.23. The average Bonchev–Trinajstić information content (AvgIpc) is 2.61. The molecule has 3 heteroatoms. The normalized spacial score (nSPS) is 15.8. The zero-order valence-corrected chi connectivity index (χ0v) is 8.83. The number of nitrogens with two attached hydrogens (primary N) is 1. The number of rotatable bonds is 2. The van der Waals surface area contributed by atoms with Gasteiger partial charge in [0.2, 0.25) is 0 Å². The third-order valence-electron chi connectivity index (χ3n) is 1.80. The number of para-hydroxylation sites is 1. The first-order chi connectivity index (χ1) is 6.36. The van der Waals surface area contributed by atoms with Crippen LogP contribution in [0, 0.1) is 0 Å². The van der Waals surface area contributed by atoms with Crippen molar-refractivity contribution in [1.82, 2.24) is 0 Å². The molecule has 1 aliphatic rings. The number of benzene rings is 1. The minimum absolute atomic E-state index is 0.876. The molecule has 13 heavy (non-hydrogen) atoms. The lowest BCUT2D eigenvalue weighted by molar-refractivity contribution is 1.28. The van der Waals surface area contributed by atoms with Gasteiger partial charge in [-0.05, 0) is 18.6 Å². The number of allylic oxidation sites excluding steroid dienone is 1. The van der Waals surface area contributed by atoms with Crippen molar-refractivity contribution in [2.45, 2.75) is 11.3 Å². The topological polar surface area (TPSA) is 26.0 Å². The average molecular weight is 209 g/mol. The van der Waals surface area contributed by atoms with Crippen LogP contribution < -0.4 is 5.73 Å². The largest absolute Gasteiger partial charge is 0.398 e. The van der Waals surface area contributed by atoms with E-state index in [1.807, 2.05) is 30.0 Å². The maximum absolute atomic E-state index is 5.84. The van der Waals surface area contributed by atoms with Crippen LogP contribution in [-0.4, -0.2) is 5.75 Å². The van der Waals surface area contributed by atoms with E-state index in [9.17, 15) is 0 Å². The number of anilines is 1. The molecule has 0 aromatic heterocycles. The van der Waals surface area contributed by atoms with Gasteiger partial charge in [-0.15, -0.1) is 11.8 Å². The van der Waals surface area contributed by atoms with Crippen molar-refractivity contribution in [2.75, 3.05) is 11.5 Å². The molecular weight excluding hydrogens is 198 g/mol. The Hall–Kier alpha value is -0.540. The molecule has 2 rings (SSSR count). The van der Waals surface area contributed by atoms with Gasteiger partial charge in [0.25, 0.3) is 0 Å². The second kappa shape index (κ2) is 4.11. The highest BCUT2D eigenvalue weighted by Crippen LogP contribution is 2.40. The predicted molar refractivity (Wildman–Crippen MR) is 61.9 cm³/mol. The number of thioether (sulfide) groups is 2.